The molecular formula is C13H17N3O2. The zero-order valence-corrected chi connectivity index (χ0v) is 10.8. The van der Waals surface area contributed by atoms with Crippen LogP contribution in [0.4, 0.5) is 0 Å². The van der Waals surface area contributed by atoms with E-state index in [1.54, 1.807) is 18.2 Å². The number of aromatic nitrogens is 3. The van der Waals surface area contributed by atoms with Gasteiger partial charge < -0.3 is 5.11 Å². The van der Waals surface area contributed by atoms with Gasteiger partial charge >= 0.3 is 5.97 Å². The third kappa shape index (κ3) is 2.08. The molecule has 0 bridgehead atoms. The molecule has 1 heterocycles. The van der Waals surface area contributed by atoms with Crippen LogP contribution in [0.2, 0.25) is 0 Å². The molecule has 2 atom stereocenters. The molecule has 0 aliphatic rings. The summed E-state index contributed by atoms with van der Waals surface area (Å²) in [6.07, 6.45) is 1.07. The van der Waals surface area contributed by atoms with Gasteiger partial charge in [0, 0.05) is 0 Å². The van der Waals surface area contributed by atoms with Crippen LogP contribution < -0.4 is 0 Å². The van der Waals surface area contributed by atoms with E-state index in [1.165, 1.54) is 0 Å². The van der Waals surface area contributed by atoms with Crippen LogP contribution in [0.3, 0.4) is 0 Å². The first kappa shape index (κ1) is 12.5. The summed E-state index contributed by atoms with van der Waals surface area (Å²) in [5.74, 6) is -0.449. The quantitative estimate of drug-likeness (QED) is 0.902. The zero-order valence-electron chi connectivity index (χ0n) is 10.8. The Kier molecular flexibility index (Phi) is 3.32. The van der Waals surface area contributed by atoms with Crippen molar-refractivity contribution >= 4 is 17.0 Å². The minimum Gasteiger partial charge on any atom is -0.478 e. The monoisotopic (exact) mass is 247 g/mol. The predicted molar refractivity (Wildman–Crippen MR) is 68.7 cm³/mol. The number of nitrogens with zero attached hydrogens (tertiary/aromatic N) is 3. The summed E-state index contributed by atoms with van der Waals surface area (Å²) in [5.41, 5.74) is 1.75. The van der Waals surface area contributed by atoms with E-state index in [-0.39, 0.29) is 11.6 Å². The van der Waals surface area contributed by atoms with E-state index in [9.17, 15) is 4.79 Å². The fourth-order valence-corrected chi connectivity index (χ4v) is 1.96. The molecule has 0 amide bonds. The molecule has 0 aliphatic carbocycles. The highest BCUT2D eigenvalue weighted by atomic mass is 16.4. The van der Waals surface area contributed by atoms with Gasteiger partial charge in [-0.05, 0) is 31.0 Å². The van der Waals surface area contributed by atoms with Crippen molar-refractivity contribution in [3.05, 3.63) is 23.8 Å². The van der Waals surface area contributed by atoms with E-state index in [4.69, 9.17) is 5.11 Å². The molecule has 5 heteroatoms. The third-order valence-corrected chi connectivity index (χ3v) is 3.57. The van der Waals surface area contributed by atoms with Gasteiger partial charge in [0.05, 0.1) is 17.1 Å². The van der Waals surface area contributed by atoms with Crippen molar-refractivity contribution in [1.82, 2.24) is 15.0 Å². The molecule has 0 spiro atoms. The minimum atomic E-state index is -0.943. The predicted octanol–water partition coefficient (Wildman–Crippen LogP) is 2.74. The van der Waals surface area contributed by atoms with Crippen molar-refractivity contribution in [3.63, 3.8) is 0 Å². The van der Waals surface area contributed by atoms with Crippen molar-refractivity contribution < 1.29 is 9.90 Å². The molecule has 0 saturated heterocycles. The van der Waals surface area contributed by atoms with Crippen LogP contribution in [0.15, 0.2) is 18.2 Å². The number of fused-ring (bicyclic) bond motifs is 1. The molecule has 0 radical (unpaired) electrons. The summed E-state index contributed by atoms with van der Waals surface area (Å²) < 4.78 is 1.87. The summed E-state index contributed by atoms with van der Waals surface area (Å²) in [5, 5.41) is 17.1. The molecule has 5 nitrogen and oxygen atoms in total. The summed E-state index contributed by atoms with van der Waals surface area (Å²) in [6, 6.07) is 5.17. The molecule has 1 aromatic heterocycles. The fourth-order valence-electron chi connectivity index (χ4n) is 1.96. The van der Waals surface area contributed by atoms with E-state index < -0.39 is 5.97 Å². The van der Waals surface area contributed by atoms with Crippen LogP contribution in [0.5, 0.6) is 0 Å². The van der Waals surface area contributed by atoms with E-state index in [0.29, 0.717) is 11.4 Å². The molecule has 0 saturated carbocycles. The smallest absolute Gasteiger partial charge is 0.335 e. The van der Waals surface area contributed by atoms with Gasteiger partial charge in [0.25, 0.3) is 0 Å². The molecule has 2 rings (SSSR count). The number of benzene rings is 1. The third-order valence-electron chi connectivity index (χ3n) is 3.57. The number of aromatic carboxylic acids is 1. The maximum absolute atomic E-state index is 10.9. The second-order valence-electron chi connectivity index (χ2n) is 4.67. The van der Waals surface area contributed by atoms with Gasteiger partial charge in [-0.3, -0.25) is 0 Å². The van der Waals surface area contributed by atoms with Crippen molar-refractivity contribution in [2.24, 2.45) is 5.92 Å². The first-order chi connectivity index (χ1) is 8.54. The lowest BCUT2D eigenvalue weighted by Gasteiger charge is -2.18. The second-order valence-corrected chi connectivity index (χ2v) is 4.67. The highest BCUT2D eigenvalue weighted by Gasteiger charge is 2.17. The molecule has 2 unspecified atom stereocenters. The van der Waals surface area contributed by atoms with Gasteiger partial charge in [0.15, 0.2) is 0 Å². The topological polar surface area (TPSA) is 68.0 Å². The summed E-state index contributed by atoms with van der Waals surface area (Å²) >= 11 is 0. The Bertz CT molecular complexity index is 577. The fraction of sp³-hybridized carbons (Fsp3) is 0.462. The Morgan fingerprint density at radius 2 is 2.17 bits per heavy atom. The number of carbonyl (C=O) groups is 1. The number of carboxylic acid groups (broad SMARTS) is 1. The number of hydrogen-bond acceptors (Lipinski definition) is 3. The minimum absolute atomic E-state index is 0.241. The van der Waals surface area contributed by atoms with Crippen molar-refractivity contribution in [3.8, 4) is 0 Å². The second kappa shape index (κ2) is 4.76. The largest absolute Gasteiger partial charge is 0.478 e. The van der Waals surface area contributed by atoms with E-state index in [2.05, 4.69) is 31.1 Å². The van der Waals surface area contributed by atoms with Gasteiger partial charge in [-0.25, -0.2) is 9.48 Å². The Balaban J connectivity index is 2.46. The lowest BCUT2D eigenvalue weighted by atomic mass is 10.0. The average molecular weight is 247 g/mol. The van der Waals surface area contributed by atoms with Crippen LogP contribution in [-0.2, 0) is 0 Å². The van der Waals surface area contributed by atoms with Crippen LogP contribution in [0, 0.1) is 5.92 Å². The lowest BCUT2D eigenvalue weighted by molar-refractivity contribution is 0.0697. The average Bonchev–Trinajstić information content (AvgIpc) is 2.79. The van der Waals surface area contributed by atoms with Gasteiger partial charge in [0.1, 0.15) is 5.52 Å². The molecule has 18 heavy (non-hydrogen) atoms. The van der Waals surface area contributed by atoms with Crippen molar-refractivity contribution in [1.29, 1.82) is 0 Å². The maximum atomic E-state index is 10.9. The normalized spacial score (nSPS) is 14.6. The molecule has 0 fully saturated rings. The van der Waals surface area contributed by atoms with Crippen LogP contribution in [0.25, 0.3) is 11.0 Å². The lowest BCUT2D eigenvalue weighted by Crippen LogP contribution is -2.14. The molecule has 0 aliphatic heterocycles. The zero-order chi connectivity index (χ0) is 13.3. The molecule has 1 aromatic carbocycles. The van der Waals surface area contributed by atoms with Gasteiger partial charge in [-0.2, -0.15) is 0 Å². The van der Waals surface area contributed by atoms with E-state index in [0.717, 1.165) is 11.9 Å². The first-order valence-corrected chi connectivity index (χ1v) is 6.12. The Labute approximate surface area is 105 Å². The van der Waals surface area contributed by atoms with E-state index in [1.807, 2.05) is 4.68 Å². The van der Waals surface area contributed by atoms with Crippen LogP contribution in [-0.4, -0.2) is 26.1 Å². The van der Waals surface area contributed by atoms with Crippen LogP contribution in [0.1, 0.15) is 43.6 Å². The number of carboxylic acids is 1. The first-order valence-electron chi connectivity index (χ1n) is 6.12. The summed E-state index contributed by atoms with van der Waals surface area (Å²) in [7, 11) is 0. The highest BCUT2D eigenvalue weighted by Crippen LogP contribution is 2.24. The summed E-state index contributed by atoms with van der Waals surface area (Å²) in [4.78, 5) is 10.9. The Hall–Kier alpha value is -1.91. The maximum Gasteiger partial charge on any atom is 0.335 e. The molecular weight excluding hydrogens is 230 g/mol. The van der Waals surface area contributed by atoms with Crippen LogP contribution >= 0.6 is 0 Å². The Morgan fingerprint density at radius 3 is 2.78 bits per heavy atom. The Morgan fingerprint density at radius 1 is 1.44 bits per heavy atom. The number of rotatable bonds is 4. The molecule has 96 valence electrons. The van der Waals surface area contributed by atoms with E-state index >= 15 is 0 Å². The molecule has 1 N–H and O–H groups in total. The van der Waals surface area contributed by atoms with Crippen molar-refractivity contribution in [2.75, 3.05) is 0 Å². The van der Waals surface area contributed by atoms with Gasteiger partial charge in [-0.1, -0.05) is 25.5 Å². The number of hydrogen-bond donors (Lipinski definition) is 1. The summed E-state index contributed by atoms with van der Waals surface area (Å²) in [6.45, 7) is 6.42. The standard InChI is InChI=1S/C13H17N3O2/c1-4-8(2)9(3)16-12-6-5-10(13(17)18)7-11(12)14-15-16/h5-9H,4H2,1-3H3,(H,17,18). The van der Waals surface area contributed by atoms with Crippen molar-refractivity contribution in [2.45, 2.75) is 33.2 Å². The molecule has 2 aromatic rings. The highest BCUT2D eigenvalue weighted by molar-refractivity contribution is 5.92. The SMILES string of the molecule is CCC(C)C(C)n1nnc2cc(C(=O)O)ccc21. The van der Waals surface area contributed by atoms with Gasteiger partial charge in [-0.15, -0.1) is 5.10 Å². The van der Waals surface area contributed by atoms with Gasteiger partial charge in [0.2, 0.25) is 0 Å².